The van der Waals surface area contributed by atoms with Crippen LogP contribution in [0.1, 0.15) is 17.4 Å². The average molecular weight is 175 g/mol. The molecule has 0 aliphatic rings. The van der Waals surface area contributed by atoms with Crippen LogP contribution in [0.25, 0.3) is 0 Å². The molecule has 0 amide bonds. The maximum absolute atomic E-state index is 12.3. The smallest absolute Gasteiger partial charge is 0.249 e. The third-order valence-corrected chi connectivity index (χ3v) is 1.68. The predicted octanol–water partition coefficient (Wildman–Crippen LogP) is 1.90. The van der Waals surface area contributed by atoms with Crippen molar-refractivity contribution >= 4 is 0 Å². The molecule has 68 valence electrons. The Kier molecular flexibility index (Phi) is 2.81. The van der Waals surface area contributed by atoms with Gasteiger partial charge in [-0.15, -0.1) is 0 Å². The first-order valence-electron chi connectivity index (χ1n) is 3.69. The maximum Gasteiger partial charge on any atom is 0.249 e. The van der Waals surface area contributed by atoms with Gasteiger partial charge in [0.1, 0.15) is 11.5 Å². The minimum Gasteiger partial charge on any atom is -0.466 e. The van der Waals surface area contributed by atoms with E-state index in [0.717, 1.165) is 0 Å². The van der Waals surface area contributed by atoms with E-state index in [1.807, 2.05) is 0 Å². The number of nitrogens with two attached hydrogens (primary N) is 1. The highest BCUT2D eigenvalue weighted by Gasteiger charge is 2.23. The van der Waals surface area contributed by atoms with Crippen LogP contribution in [0.4, 0.5) is 8.78 Å². The van der Waals surface area contributed by atoms with Gasteiger partial charge in [0.15, 0.2) is 0 Å². The van der Waals surface area contributed by atoms with E-state index >= 15 is 0 Å². The van der Waals surface area contributed by atoms with Crippen molar-refractivity contribution in [1.82, 2.24) is 0 Å². The Bertz CT molecular complexity index is 247. The first kappa shape index (κ1) is 9.19. The van der Waals surface area contributed by atoms with Gasteiger partial charge in [-0.1, -0.05) is 0 Å². The Labute approximate surface area is 69.4 Å². The van der Waals surface area contributed by atoms with Gasteiger partial charge in [0.25, 0.3) is 0 Å². The molecule has 1 rings (SSSR count). The fourth-order valence-electron chi connectivity index (χ4n) is 0.996. The van der Waals surface area contributed by atoms with E-state index < -0.39 is 12.3 Å². The lowest BCUT2D eigenvalue weighted by Gasteiger charge is -2.09. The zero-order valence-electron chi connectivity index (χ0n) is 6.76. The highest BCUT2D eigenvalue weighted by atomic mass is 19.3. The summed E-state index contributed by atoms with van der Waals surface area (Å²) in [6.07, 6.45) is -2.46. The molecule has 0 aromatic carbocycles. The van der Waals surface area contributed by atoms with Gasteiger partial charge in [-0.3, -0.25) is 0 Å². The number of hydrogen-bond acceptors (Lipinski definition) is 2. The van der Waals surface area contributed by atoms with E-state index in [-0.39, 0.29) is 12.3 Å². The lowest BCUT2D eigenvalue weighted by atomic mass is 10.1. The van der Waals surface area contributed by atoms with Gasteiger partial charge in [-0.25, -0.2) is 8.78 Å². The summed E-state index contributed by atoms with van der Waals surface area (Å²) in [6.45, 7) is 1.62. The van der Waals surface area contributed by atoms with E-state index in [0.29, 0.717) is 5.76 Å². The van der Waals surface area contributed by atoms with Gasteiger partial charge in [0, 0.05) is 6.54 Å². The van der Waals surface area contributed by atoms with E-state index in [2.05, 4.69) is 0 Å². The molecule has 0 fully saturated rings. The second-order valence-electron chi connectivity index (χ2n) is 2.63. The summed E-state index contributed by atoms with van der Waals surface area (Å²) in [4.78, 5) is 0. The molecular weight excluding hydrogens is 164 g/mol. The number of aryl methyl sites for hydroxylation is 1. The molecule has 0 aliphatic carbocycles. The van der Waals surface area contributed by atoms with Crippen LogP contribution in [0, 0.1) is 6.92 Å². The van der Waals surface area contributed by atoms with Gasteiger partial charge in [-0.05, 0) is 19.1 Å². The van der Waals surface area contributed by atoms with Crippen molar-refractivity contribution in [3.63, 3.8) is 0 Å². The molecule has 0 saturated heterocycles. The van der Waals surface area contributed by atoms with Crippen LogP contribution in [0.3, 0.4) is 0 Å². The molecule has 1 heterocycles. The molecule has 0 radical (unpaired) electrons. The van der Waals surface area contributed by atoms with Gasteiger partial charge >= 0.3 is 0 Å². The fourth-order valence-corrected chi connectivity index (χ4v) is 0.996. The van der Waals surface area contributed by atoms with Crippen molar-refractivity contribution in [3.8, 4) is 0 Å². The van der Waals surface area contributed by atoms with Crippen molar-refractivity contribution in [2.45, 2.75) is 19.3 Å². The second-order valence-corrected chi connectivity index (χ2v) is 2.63. The molecule has 12 heavy (non-hydrogen) atoms. The van der Waals surface area contributed by atoms with Crippen LogP contribution < -0.4 is 5.73 Å². The quantitative estimate of drug-likeness (QED) is 0.761. The standard InChI is InChI=1S/C8H11F2NO/c1-5-2-3-7(12-5)6(4-11)8(9)10/h2-3,6,8H,4,11H2,1H3. The summed E-state index contributed by atoms with van der Waals surface area (Å²) >= 11 is 0. The van der Waals surface area contributed by atoms with Gasteiger partial charge in [0.2, 0.25) is 6.43 Å². The minimum atomic E-state index is -2.46. The summed E-state index contributed by atoms with van der Waals surface area (Å²) in [5.41, 5.74) is 5.17. The van der Waals surface area contributed by atoms with Gasteiger partial charge in [0.05, 0.1) is 5.92 Å². The molecule has 1 aromatic heterocycles. The lowest BCUT2D eigenvalue weighted by Crippen LogP contribution is -2.18. The fraction of sp³-hybridized carbons (Fsp3) is 0.500. The monoisotopic (exact) mass is 175 g/mol. The summed E-state index contributed by atoms with van der Waals surface area (Å²) in [7, 11) is 0. The summed E-state index contributed by atoms with van der Waals surface area (Å²) in [5, 5.41) is 0. The lowest BCUT2D eigenvalue weighted by molar-refractivity contribution is 0.107. The Morgan fingerprint density at radius 3 is 2.50 bits per heavy atom. The topological polar surface area (TPSA) is 39.2 Å². The van der Waals surface area contributed by atoms with E-state index in [4.69, 9.17) is 10.2 Å². The maximum atomic E-state index is 12.3. The van der Waals surface area contributed by atoms with Crippen molar-refractivity contribution < 1.29 is 13.2 Å². The van der Waals surface area contributed by atoms with Crippen molar-refractivity contribution in [1.29, 1.82) is 0 Å². The number of rotatable bonds is 3. The second kappa shape index (κ2) is 3.67. The zero-order chi connectivity index (χ0) is 9.14. The first-order valence-corrected chi connectivity index (χ1v) is 3.69. The average Bonchev–Trinajstić information content (AvgIpc) is 2.37. The molecule has 1 unspecified atom stereocenters. The van der Waals surface area contributed by atoms with Crippen LogP contribution in [0.5, 0.6) is 0 Å². The summed E-state index contributed by atoms with van der Waals surface area (Å²) in [5.74, 6) is -0.0761. The van der Waals surface area contributed by atoms with Crippen LogP contribution in [0.15, 0.2) is 16.5 Å². The Hall–Kier alpha value is -0.900. The molecule has 0 spiro atoms. The summed E-state index contributed by atoms with van der Waals surface area (Å²) in [6, 6.07) is 3.19. The molecule has 2 N–H and O–H groups in total. The molecule has 1 aromatic rings. The molecule has 0 saturated carbocycles. The van der Waals surface area contributed by atoms with Gasteiger partial charge in [-0.2, -0.15) is 0 Å². The van der Waals surface area contributed by atoms with Crippen LogP contribution in [-0.4, -0.2) is 13.0 Å². The van der Waals surface area contributed by atoms with Crippen molar-refractivity contribution in [2.24, 2.45) is 5.73 Å². The number of hydrogen-bond donors (Lipinski definition) is 1. The molecule has 0 bridgehead atoms. The van der Waals surface area contributed by atoms with Crippen LogP contribution in [-0.2, 0) is 0 Å². The van der Waals surface area contributed by atoms with Crippen molar-refractivity contribution in [3.05, 3.63) is 23.7 Å². The Morgan fingerprint density at radius 1 is 1.50 bits per heavy atom. The Balaban J connectivity index is 2.80. The molecule has 2 nitrogen and oxygen atoms in total. The van der Waals surface area contributed by atoms with E-state index in [1.54, 1.807) is 19.1 Å². The zero-order valence-corrected chi connectivity index (χ0v) is 6.76. The van der Waals surface area contributed by atoms with E-state index in [1.165, 1.54) is 0 Å². The molecule has 4 heteroatoms. The number of halogens is 2. The molecule has 0 aliphatic heterocycles. The normalized spacial score (nSPS) is 13.8. The van der Waals surface area contributed by atoms with E-state index in [9.17, 15) is 8.78 Å². The third kappa shape index (κ3) is 1.82. The number of alkyl halides is 2. The SMILES string of the molecule is Cc1ccc(C(CN)C(F)F)o1. The van der Waals surface area contributed by atoms with Crippen LogP contribution in [0.2, 0.25) is 0 Å². The largest absolute Gasteiger partial charge is 0.466 e. The highest BCUT2D eigenvalue weighted by molar-refractivity contribution is 5.11. The van der Waals surface area contributed by atoms with Crippen molar-refractivity contribution in [2.75, 3.05) is 6.54 Å². The number of furan rings is 1. The van der Waals surface area contributed by atoms with Crippen LogP contribution >= 0.6 is 0 Å². The first-order chi connectivity index (χ1) is 5.65. The molecule has 1 atom stereocenters. The highest BCUT2D eigenvalue weighted by Crippen LogP contribution is 2.23. The minimum absolute atomic E-state index is 0.0926. The van der Waals surface area contributed by atoms with Gasteiger partial charge < -0.3 is 10.2 Å². The summed E-state index contributed by atoms with van der Waals surface area (Å²) < 4.78 is 29.5. The molecular formula is C8H11F2NO. The third-order valence-electron chi connectivity index (χ3n) is 1.68. The predicted molar refractivity (Wildman–Crippen MR) is 41.2 cm³/mol. The Morgan fingerprint density at radius 2 is 2.17 bits per heavy atom.